The largest absolute Gasteiger partial charge is 0.444 e. The highest BCUT2D eigenvalue weighted by molar-refractivity contribution is 7.80. The van der Waals surface area contributed by atoms with Crippen LogP contribution in [-0.2, 0) is 14.3 Å². The Morgan fingerprint density at radius 2 is 1.74 bits per heavy atom. The van der Waals surface area contributed by atoms with Crippen LogP contribution < -0.4 is 10.6 Å². The molecule has 2 rings (SSSR count). The number of thiol groups is 1. The number of amides is 3. The lowest BCUT2D eigenvalue weighted by Crippen LogP contribution is -2.57. The second-order valence-electron chi connectivity index (χ2n) is 11.9. The predicted molar refractivity (Wildman–Crippen MR) is 160 cm³/mol. The molecule has 3 atom stereocenters. The van der Waals surface area contributed by atoms with Gasteiger partial charge in [-0.05, 0) is 70.9 Å². The molecule has 0 radical (unpaired) electrons. The summed E-state index contributed by atoms with van der Waals surface area (Å²) in [6.45, 7) is 11.5. The molecule has 1 aliphatic carbocycles. The first kappa shape index (κ1) is 32.6. The maximum Gasteiger partial charge on any atom is 0.408 e. The van der Waals surface area contributed by atoms with Gasteiger partial charge in [-0.25, -0.2) is 4.79 Å². The zero-order valence-corrected chi connectivity index (χ0v) is 25.4. The standard InChI is InChI=1S/C31H47N3O4S/c1-8-23-14-12-13-17-25(23)27(28(35)32-24-15-10-9-11-16-24)34(22(4)19-18-21(2)3)29(36)26(20-39)33-30(37)38-31(5,6)7/h1,12-14,17,21-22,24,26-27,39H,9-11,15-16,18-20H2,2-7H3,(H,32,35)(H,33,37). The molecule has 0 saturated heterocycles. The van der Waals surface area contributed by atoms with Gasteiger partial charge in [0.1, 0.15) is 17.7 Å². The normalized spacial score (nSPS) is 16.5. The molecule has 0 bridgehead atoms. The summed E-state index contributed by atoms with van der Waals surface area (Å²) in [5.41, 5.74) is 0.415. The topological polar surface area (TPSA) is 87.7 Å². The van der Waals surface area contributed by atoms with E-state index < -0.39 is 29.7 Å². The average Bonchev–Trinajstić information content (AvgIpc) is 2.88. The number of carbonyl (C=O) groups is 3. The van der Waals surface area contributed by atoms with Crippen LogP contribution in [0.4, 0.5) is 4.79 Å². The Morgan fingerprint density at radius 3 is 2.31 bits per heavy atom. The van der Waals surface area contributed by atoms with Crippen LogP contribution in [0, 0.1) is 18.3 Å². The third-order valence-electron chi connectivity index (χ3n) is 6.95. The van der Waals surface area contributed by atoms with E-state index in [1.54, 1.807) is 31.7 Å². The van der Waals surface area contributed by atoms with Gasteiger partial charge in [-0.2, -0.15) is 12.6 Å². The van der Waals surface area contributed by atoms with Crippen LogP contribution in [0.5, 0.6) is 0 Å². The Bertz CT molecular complexity index is 1010. The molecule has 0 heterocycles. The van der Waals surface area contributed by atoms with Crippen molar-refractivity contribution in [2.45, 2.75) is 116 Å². The van der Waals surface area contributed by atoms with Crippen molar-refractivity contribution in [2.75, 3.05) is 5.75 Å². The molecule has 2 N–H and O–H groups in total. The van der Waals surface area contributed by atoms with E-state index in [0.717, 1.165) is 38.5 Å². The van der Waals surface area contributed by atoms with E-state index in [-0.39, 0.29) is 23.7 Å². The minimum Gasteiger partial charge on any atom is -0.444 e. The van der Waals surface area contributed by atoms with E-state index in [1.165, 1.54) is 0 Å². The number of benzene rings is 1. The summed E-state index contributed by atoms with van der Waals surface area (Å²) in [5.74, 6) is 2.49. The van der Waals surface area contributed by atoms with E-state index in [9.17, 15) is 14.4 Å². The lowest BCUT2D eigenvalue weighted by molar-refractivity contribution is -0.145. The highest BCUT2D eigenvalue weighted by Gasteiger charge is 2.40. The molecule has 216 valence electrons. The van der Waals surface area contributed by atoms with Crippen LogP contribution in [0.15, 0.2) is 24.3 Å². The molecular weight excluding hydrogens is 510 g/mol. The first-order valence-corrected chi connectivity index (χ1v) is 14.8. The van der Waals surface area contributed by atoms with Gasteiger partial charge < -0.3 is 20.3 Å². The maximum atomic E-state index is 14.2. The number of rotatable bonds is 11. The Kier molecular flexibility index (Phi) is 12.7. The fraction of sp³-hybridized carbons (Fsp3) is 0.645. The molecule has 1 aliphatic rings. The van der Waals surface area contributed by atoms with E-state index in [4.69, 9.17) is 11.2 Å². The summed E-state index contributed by atoms with van der Waals surface area (Å²) >= 11 is 4.39. The summed E-state index contributed by atoms with van der Waals surface area (Å²) in [4.78, 5) is 42.6. The SMILES string of the molecule is C#Cc1ccccc1C(C(=O)NC1CCCCC1)N(C(=O)C(CS)NC(=O)OC(C)(C)C)C(C)CCC(C)C. The van der Waals surface area contributed by atoms with Crippen molar-refractivity contribution in [1.29, 1.82) is 0 Å². The van der Waals surface area contributed by atoms with Gasteiger partial charge in [-0.15, -0.1) is 6.42 Å². The smallest absolute Gasteiger partial charge is 0.408 e. The molecule has 7 nitrogen and oxygen atoms in total. The molecule has 0 spiro atoms. The van der Waals surface area contributed by atoms with Crippen molar-refractivity contribution < 1.29 is 19.1 Å². The first-order valence-electron chi connectivity index (χ1n) is 14.2. The molecular formula is C31H47N3O4S. The van der Waals surface area contributed by atoms with Crippen molar-refractivity contribution in [3.8, 4) is 12.3 Å². The van der Waals surface area contributed by atoms with Gasteiger partial charge in [0.2, 0.25) is 11.8 Å². The Hall–Kier alpha value is -2.66. The lowest BCUT2D eigenvalue weighted by atomic mass is 9.92. The summed E-state index contributed by atoms with van der Waals surface area (Å²) in [6, 6.07) is 5.03. The van der Waals surface area contributed by atoms with Crippen LogP contribution in [0.1, 0.15) is 104 Å². The molecule has 0 aliphatic heterocycles. The Labute approximate surface area is 240 Å². The number of ether oxygens (including phenoxy) is 1. The molecule has 1 fully saturated rings. The zero-order valence-electron chi connectivity index (χ0n) is 24.5. The third kappa shape index (κ3) is 10.1. The van der Waals surface area contributed by atoms with Crippen LogP contribution in [0.3, 0.4) is 0 Å². The van der Waals surface area contributed by atoms with E-state index >= 15 is 0 Å². The number of alkyl carbamates (subject to hydrolysis) is 1. The number of nitrogens with zero attached hydrogens (tertiary/aromatic N) is 1. The number of hydrogen-bond acceptors (Lipinski definition) is 5. The highest BCUT2D eigenvalue weighted by atomic mass is 32.1. The van der Waals surface area contributed by atoms with Crippen molar-refractivity contribution in [3.63, 3.8) is 0 Å². The van der Waals surface area contributed by atoms with Gasteiger partial charge >= 0.3 is 6.09 Å². The quantitative estimate of drug-likeness (QED) is 0.243. The Balaban J connectivity index is 2.55. The van der Waals surface area contributed by atoms with Crippen molar-refractivity contribution in [1.82, 2.24) is 15.5 Å². The van der Waals surface area contributed by atoms with Gasteiger partial charge in [0.25, 0.3) is 0 Å². The molecule has 0 aromatic heterocycles. The van der Waals surface area contributed by atoms with Crippen molar-refractivity contribution in [2.24, 2.45) is 5.92 Å². The van der Waals surface area contributed by atoms with Crippen LogP contribution in [0.25, 0.3) is 0 Å². The van der Waals surface area contributed by atoms with Crippen LogP contribution >= 0.6 is 12.6 Å². The van der Waals surface area contributed by atoms with E-state index in [1.807, 2.05) is 25.1 Å². The molecule has 1 aromatic carbocycles. The Morgan fingerprint density at radius 1 is 1.10 bits per heavy atom. The minimum absolute atomic E-state index is 0.0409. The number of terminal acetylenes is 1. The fourth-order valence-electron chi connectivity index (χ4n) is 4.94. The second-order valence-corrected chi connectivity index (χ2v) is 12.3. The van der Waals surface area contributed by atoms with Crippen molar-refractivity contribution in [3.05, 3.63) is 35.4 Å². The van der Waals surface area contributed by atoms with Gasteiger partial charge in [0.05, 0.1) is 0 Å². The van der Waals surface area contributed by atoms with Crippen molar-refractivity contribution >= 4 is 30.5 Å². The van der Waals surface area contributed by atoms with Gasteiger partial charge in [-0.3, -0.25) is 9.59 Å². The summed E-state index contributed by atoms with van der Waals surface area (Å²) < 4.78 is 5.41. The molecule has 3 unspecified atom stereocenters. The number of nitrogens with one attached hydrogen (secondary N) is 2. The van der Waals surface area contributed by atoms with Gasteiger partial charge in [0, 0.05) is 23.4 Å². The van der Waals surface area contributed by atoms with E-state index in [2.05, 4.69) is 43.0 Å². The molecule has 3 amide bonds. The summed E-state index contributed by atoms with van der Waals surface area (Å²) in [5, 5.41) is 5.90. The number of hydrogen-bond donors (Lipinski definition) is 3. The average molecular weight is 558 g/mol. The van der Waals surface area contributed by atoms with Crippen LogP contribution in [-0.4, -0.2) is 52.3 Å². The van der Waals surface area contributed by atoms with Gasteiger partial charge in [-0.1, -0.05) is 57.2 Å². The lowest BCUT2D eigenvalue weighted by Gasteiger charge is -2.39. The third-order valence-corrected chi connectivity index (χ3v) is 7.32. The second kappa shape index (κ2) is 15.2. The predicted octanol–water partition coefficient (Wildman–Crippen LogP) is 5.63. The monoisotopic (exact) mass is 557 g/mol. The highest BCUT2D eigenvalue weighted by Crippen LogP contribution is 2.30. The first-order chi connectivity index (χ1) is 18.4. The summed E-state index contributed by atoms with van der Waals surface area (Å²) in [7, 11) is 0. The zero-order chi connectivity index (χ0) is 29.2. The maximum absolute atomic E-state index is 14.2. The molecule has 1 aromatic rings. The molecule has 1 saturated carbocycles. The van der Waals surface area contributed by atoms with Gasteiger partial charge in [0.15, 0.2) is 0 Å². The van der Waals surface area contributed by atoms with Crippen LogP contribution in [0.2, 0.25) is 0 Å². The van der Waals surface area contributed by atoms with E-state index in [0.29, 0.717) is 23.5 Å². The molecule has 8 heteroatoms. The number of carbonyl (C=O) groups excluding carboxylic acids is 3. The summed E-state index contributed by atoms with van der Waals surface area (Å²) in [6.07, 6.45) is 11.8. The molecule has 39 heavy (non-hydrogen) atoms. The fourth-order valence-corrected chi connectivity index (χ4v) is 5.19. The minimum atomic E-state index is -0.993.